The van der Waals surface area contributed by atoms with Gasteiger partial charge in [-0.2, -0.15) is 0 Å². The van der Waals surface area contributed by atoms with E-state index >= 15 is 0 Å². The molecule has 3 heterocycles. The van der Waals surface area contributed by atoms with Gasteiger partial charge < -0.3 is 9.51 Å². The molecule has 2 atom stereocenters. The first-order chi connectivity index (χ1) is 9.56. The number of imidazole rings is 1. The van der Waals surface area contributed by atoms with Crippen molar-refractivity contribution < 1.29 is 9.90 Å². The topological polar surface area (TPSA) is 57.8 Å². The molecule has 1 N–H and O–H groups in total. The second kappa shape index (κ2) is 4.90. The summed E-state index contributed by atoms with van der Waals surface area (Å²) in [6.07, 6.45) is 4.90. The maximum atomic E-state index is 11.4. The number of carboxylic acid groups (broad SMARTS) is 1. The molecule has 106 valence electrons. The maximum absolute atomic E-state index is 11.4. The largest absolute Gasteiger partial charge is 0.480 e. The predicted molar refractivity (Wildman–Crippen MR) is 75.5 cm³/mol. The number of carboxylic acids is 1. The molecule has 0 aliphatic carbocycles. The van der Waals surface area contributed by atoms with E-state index in [9.17, 15) is 9.90 Å². The Morgan fingerprint density at radius 3 is 3.05 bits per heavy atom. The number of aliphatic carboxylic acids is 1. The number of aromatic nitrogens is 2. The minimum atomic E-state index is -0.727. The molecule has 0 spiro atoms. The zero-order valence-corrected chi connectivity index (χ0v) is 11.8. The Morgan fingerprint density at radius 1 is 1.55 bits per heavy atom. The van der Waals surface area contributed by atoms with Crippen molar-refractivity contribution in [1.29, 1.82) is 0 Å². The summed E-state index contributed by atoms with van der Waals surface area (Å²) < 4.78 is 2.00. The summed E-state index contributed by atoms with van der Waals surface area (Å²) in [6, 6.07) is 3.64. The number of aryl methyl sites for hydroxylation is 1. The summed E-state index contributed by atoms with van der Waals surface area (Å²) in [5.41, 5.74) is 3.00. The molecule has 2 unspecified atom stereocenters. The standard InChI is InChI=1S/C15H19N3O2/c1-10-5-7-17(13(10)15(19)20)8-12-9-18-6-3-4-11(2)14(18)16-12/h3-4,6,9-10,13H,5,7-8H2,1-2H3,(H,19,20). The van der Waals surface area contributed by atoms with Crippen LogP contribution in [0.1, 0.15) is 24.6 Å². The third-order valence-corrected chi connectivity index (χ3v) is 4.15. The van der Waals surface area contributed by atoms with Crippen molar-refractivity contribution in [3.63, 3.8) is 0 Å². The monoisotopic (exact) mass is 273 g/mol. The normalized spacial score (nSPS) is 23.5. The Hall–Kier alpha value is -1.88. The third kappa shape index (κ3) is 2.18. The van der Waals surface area contributed by atoms with Crippen LogP contribution in [-0.2, 0) is 11.3 Å². The van der Waals surface area contributed by atoms with Gasteiger partial charge in [-0.25, -0.2) is 4.98 Å². The van der Waals surface area contributed by atoms with Crippen LogP contribution < -0.4 is 0 Å². The van der Waals surface area contributed by atoms with Gasteiger partial charge >= 0.3 is 5.97 Å². The SMILES string of the molecule is Cc1cccn2cc(CN3CCC(C)C3C(=O)O)nc12. The zero-order chi connectivity index (χ0) is 14.3. The minimum absolute atomic E-state index is 0.200. The maximum Gasteiger partial charge on any atom is 0.321 e. The highest BCUT2D eigenvalue weighted by atomic mass is 16.4. The average molecular weight is 273 g/mol. The highest BCUT2D eigenvalue weighted by Gasteiger charge is 2.36. The van der Waals surface area contributed by atoms with Crippen LogP contribution in [0, 0.1) is 12.8 Å². The molecular formula is C15H19N3O2. The number of likely N-dealkylation sites (tertiary alicyclic amines) is 1. The fraction of sp³-hybridized carbons (Fsp3) is 0.467. The van der Waals surface area contributed by atoms with Gasteiger partial charge in [0.15, 0.2) is 0 Å². The molecule has 0 amide bonds. The van der Waals surface area contributed by atoms with Crippen LogP contribution in [0.5, 0.6) is 0 Å². The summed E-state index contributed by atoms with van der Waals surface area (Å²) in [6.45, 7) is 5.46. The first-order valence-electron chi connectivity index (χ1n) is 6.96. The van der Waals surface area contributed by atoms with Crippen LogP contribution >= 0.6 is 0 Å². The Balaban J connectivity index is 1.86. The van der Waals surface area contributed by atoms with E-state index in [-0.39, 0.29) is 12.0 Å². The van der Waals surface area contributed by atoms with Crippen LogP contribution in [0.2, 0.25) is 0 Å². The Morgan fingerprint density at radius 2 is 2.35 bits per heavy atom. The molecule has 3 rings (SSSR count). The lowest BCUT2D eigenvalue weighted by atomic mass is 10.0. The second-order valence-electron chi connectivity index (χ2n) is 5.67. The summed E-state index contributed by atoms with van der Waals surface area (Å²) in [4.78, 5) is 18.0. The van der Waals surface area contributed by atoms with E-state index in [1.165, 1.54) is 0 Å². The molecule has 1 saturated heterocycles. The number of nitrogens with zero attached hydrogens (tertiary/aromatic N) is 3. The average Bonchev–Trinajstić information content (AvgIpc) is 2.94. The lowest BCUT2D eigenvalue weighted by Gasteiger charge is -2.21. The van der Waals surface area contributed by atoms with Gasteiger partial charge in [0.25, 0.3) is 0 Å². The van der Waals surface area contributed by atoms with Crippen molar-refractivity contribution in [2.24, 2.45) is 5.92 Å². The molecule has 0 aromatic carbocycles. The Bertz CT molecular complexity index is 650. The Labute approximate surface area is 117 Å². The number of pyridine rings is 1. The van der Waals surface area contributed by atoms with E-state index in [4.69, 9.17) is 0 Å². The first-order valence-corrected chi connectivity index (χ1v) is 6.96. The minimum Gasteiger partial charge on any atom is -0.480 e. The summed E-state index contributed by atoms with van der Waals surface area (Å²) in [5, 5.41) is 9.35. The van der Waals surface area contributed by atoms with Crippen molar-refractivity contribution >= 4 is 11.6 Å². The van der Waals surface area contributed by atoms with Gasteiger partial charge in [-0.15, -0.1) is 0 Å². The van der Waals surface area contributed by atoms with Gasteiger partial charge in [0.05, 0.1) is 5.69 Å². The van der Waals surface area contributed by atoms with Crippen molar-refractivity contribution in [1.82, 2.24) is 14.3 Å². The number of hydrogen-bond acceptors (Lipinski definition) is 3. The van der Waals surface area contributed by atoms with E-state index in [0.717, 1.165) is 29.9 Å². The number of carbonyl (C=O) groups is 1. The molecule has 1 fully saturated rings. The smallest absolute Gasteiger partial charge is 0.321 e. The molecule has 0 saturated carbocycles. The van der Waals surface area contributed by atoms with Crippen LogP contribution in [-0.4, -0.2) is 37.9 Å². The van der Waals surface area contributed by atoms with Crippen molar-refractivity contribution in [3.8, 4) is 0 Å². The van der Waals surface area contributed by atoms with Crippen molar-refractivity contribution in [3.05, 3.63) is 35.8 Å². The molecule has 1 aliphatic rings. The summed E-state index contributed by atoms with van der Waals surface area (Å²) in [5.74, 6) is -0.527. The van der Waals surface area contributed by atoms with Crippen LogP contribution in [0.15, 0.2) is 24.5 Å². The van der Waals surface area contributed by atoms with Gasteiger partial charge in [-0.3, -0.25) is 9.69 Å². The molecule has 0 radical (unpaired) electrons. The fourth-order valence-corrected chi connectivity index (χ4v) is 3.09. The van der Waals surface area contributed by atoms with Crippen LogP contribution in [0.3, 0.4) is 0 Å². The van der Waals surface area contributed by atoms with E-state index in [1.54, 1.807) is 0 Å². The Kier molecular flexibility index (Phi) is 3.22. The van der Waals surface area contributed by atoms with E-state index < -0.39 is 5.97 Å². The first kappa shape index (κ1) is 13.1. The predicted octanol–water partition coefficient (Wildman–Crippen LogP) is 1.94. The summed E-state index contributed by atoms with van der Waals surface area (Å²) in [7, 11) is 0. The zero-order valence-electron chi connectivity index (χ0n) is 11.8. The third-order valence-electron chi connectivity index (χ3n) is 4.15. The lowest BCUT2D eigenvalue weighted by Crippen LogP contribution is -2.38. The number of hydrogen-bond donors (Lipinski definition) is 1. The number of fused-ring (bicyclic) bond motifs is 1. The lowest BCUT2D eigenvalue weighted by molar-refractivity contribution is -0.143. The molecule has 1 aliphatic heterocycles. The molecule has 20 heavy (non-hydrogen) atoms. The van der Waals surface area contributed by atoms with E-state index in [1.807, 2.05) is 47.7 Å². The van der Waals surface area contributed by atoms with E-state index in [2.05, 4.69) is 4.98 Å². The molecule has 0 bridgehead atoms. The van der Waals surface area contributed by atoms with E-state index in [0.29, 0.717) is 6.54 Å². The molecular weight excluding hydrogens is 254 g/mol. The van der Waals surface area contributed by atoms with Gasteiger partial charge in [-0.1, -0.05) is 13.0 Å². The number of rotatable bonds is 3. The molecule has 5 heteroatoms. The van der Waals surface area contributed by atoms with Crippen molar-refractivity contribution in [2.45, 2.75) is 32.9 Å². The van der Waals surface area contributed by atoms with Gasteiger partial charge in [0, 0.05) is 18.9 Å². The van der Waals surface area contributed by atoms with Gasteiger partial charge in [-0.05, 0) is 37.4 Å². The molecule has 2 aromatic heterocycles. The van der Waals surface area contributed by atoms with Crippen molar-refractivity contribution in [2.75, 3.05) is 6.54 Å². The summed E-state index contributed by atoms with van der Waals surface area (Å²) >= 11 is 0. The highest BCUT2D eigenvalue weighted by molar-refractivity contribution is 5.74. The fourth-order valence-electron chi connectivity index (χ4n) is 3.09. The van der Waals surface area contributed by atoms with Crippen LogP contribution in [0.4, 0.5) is 0 Å². The van der Waals surface area contributed by atoms with Crippen LogP contribution in [0.25, 0.3) is 5.65 Å². The second-order valence-corrected chi connectivity index (χ2v) is 5.67. The molecule has 2 aromatic rings. The van der Waals surface area contributed by atoms with Gasteiger partial charge in [0.2, 0.25) is 0 Å². The quantitative estimate of drug-likeness (QED) is 0.928. The highest BCUT2D eigenvalue weighted by Crippen LogP contribution is 2.26. The molecule has 5 nitrogen and oxygen atoms in total. The van der Waals surface area contributed by atoms with Gasteiger partial charge in [0.1, 0.15) is 11.7 Å².